The number of carboxylic acids is 1. The zero-order valence-electron chi connectivity index (χ0n) is 13.4. The topological polar surface area (TPSA) is 104 Å². The number of nitrogens with zero attached hydrogens (tertiary/aromatic N) is 1. The van der Waals surface area contributed by atoms with Gasteiger partial charge in [0.2, 0.25) is 15.9 Å². The van der Waals surface area contributed by atoms with Gasteiger partial charge in [-0.05, 0) is 31.6 Å². The lowest BCUT2D eigenvalue weighted by atomic mass is 10.00. The molecule has 1 rings (SSSR count). The Morgan fingerprint density at radius 2 is 1.95 bits per heavy atom. The van der Waals surface area contributed by atoms with Crippen LogP contribution in [0.15, 0.2) is 0 Å². The van der Waals surface area contributed by atoms with E-state index in [1.165, 1.54) is 6.92 Å². The molecule has 1 aliphatic heterocycles. The molecule has 0 aromatic carbocycles. The van der Waals surface area contributed by atoms with Crippen molar-refractivity contribution in [3.8, 4) is 0 Å². The van der Waals surface area contributed by atoms with Crippen molar-refractivity contribution in [2.24, 2.45) is 5.92 Å². The minimum absolute atomic E-state index is 0.0411. The molecule has 1 heterocycles. The molecule has 0 aromatic heterocycles. The van der Waals surface area contributed by atoms with Gasteiger partial charge in [-0.1, -0.05) is 13.8 Å². The molecule has 2 N–H and O–H groups in total. The highest BCUT2D eigenvalue weighted by Crippen LogP contribution is 2.20. The Bertz CT molecular complexity index is 503. The van der Waals surface area contributed by atoms with Crippen LogP contribution in [0.3, 0.4) is 0 Å². The van der Waals surface area contributed by atoms with Crippen molar-refractivity contribution in [3.05, 3.63) is 0 Å². The summed E-state index contributed by atoms with van der Waals surface area (Å²) in [4.78, 5) is 24.4. The van der Waals surface area contributed by atoms with Crippen LogP contribution in [0.5, 0.6) is 0 Å². The average molecular weight is 334 g/mol. The number of carboxylic acid groups (broad SMARTS) is 1. The van der Waals surface area contributed by atoms with Gasteiger partial charge in [0.05, 0.1) is 5.75 Å². The van der Waals surface area contributed by atoms with E-state index in [9.17, 15) is 18.0 Å². The fraction of sp³-hybridized carbons (Fsp3) is 0.857. The van der Waals surface area contributed by atoms with E-state index in [0.717, 1.165) is 19.3 Å². The van der Waals surface area contributed by atoms with E-state index in [4.69, 9.17) is 5.11 Å². The molecule has 1 aliphatic rings. The van der Waals surface area contributed by atoms with Crippen molar-refractivity contribution in [1.82, 2.24) is 9.62 Å². The van der Waals surface area contributed by atoms with Crippen LogP contribution in [0.4, 0.5) is 0 Å². The molecular weight excluding hydrogens is 308 g/mol. The zero-order valence-corrected chi connectivity index (χ0v) is 14.2. The number of carbonyl (C=O) groups is 2. The van der Waals surface area contributed by atoms with E-state index in [2.05, 4.69) is 4.72 Å². The number of nitrogens with one attached hydrogen (secondary N) is 1. The van der Waals surface area contributed by atoms with Crippen LogP contribution in [0, 0.1) is 5.92 Å². The van der Waals surface area contributed by atoms with Gasteiger partial charge in [0.15, 0.2) is 0 Å². The summed E-state index contributed by atoms with van der Waals surface area (Å²) in [6.45, 7) is 5.46. The number of sulfonamides is 1. The monoisotopic (exact) mass is 334 g/mol. The fourth-order valence-electron chi connectivity index (χ4n) is 2.73. The van der Waals surface area contributed by atoms with Gasteiger partial charge < -0.3 is 10.0 Å². The number of rotatable bonds is 7. The molecule has 1 saturated heterocycles. The Morgan fingerprint density at radius 3 is 2.45 bits per heavy atom. The molecule has 0 radical (unpaired) electrons. The molecule has 0 spiro atoms. The van der Waals surface area contributed by atoms with Crippen LogP contribution in [0.1, 0.15) is 46.5 Å². The number of hydrogen-bond acceptors (Lipinski definition) is 4. The normalized spacial score (nSPS) is 20.9. The standard InChI is InChI=1S/C14H26N2O5S/c1-10(2)13(14(18)19)15-22(20,21)9-7-12-6-4-5-8-16(12)11(3)17/h10,12-13,15H,4-9H2,1-3H3,(H,18,19). The second-order valence-corrected chi connectivity index (χ2v) is 8.02. The van der Waals surface area contributed by atoms with Gasteiger partial charge in [0.25, 0.3) is 0 Å². The Hall–Kier alpha value is -1.15. The number of piperidine rings is 1. The summed E-state index contributed by atoms with van der Waals surface area (Å²) in [6, 6.07) is -1.20. The van der Waals surface area contributed by atoms with Crippen molar-refractivity contribution < 1.29 is 23.1 Å². The van der Waals surface area contributed by atoms with E-state index >= 15 is 0 Å². The Labute approximate surface area is 132 Å². The van der Waals surface area contributed by atoms with Crippen molar-refractivity contribution in [3.63, 3.8) is 0 Å². The molecule has 22 heavy (non-hydrogen) atoms. The number of likely N-dealkylation sites (tertiary alicyclic amines) is 1. The summed E-state index contributed by atoms with van der Waals surface area (Å²) >= 11 is 0. The van der Waals surface area contributed by atoms with Crippen LogP contribution < -0.4 is 4.72 Å². The van der Waals surface area contributed by atoms with E-state index in [0.29, 0.717) is 13.0 Å². The summed E-state index contributed by atoms with van der Waals surface area (Å²) in [6.07, 6.45) is 3.04. The van der Waals surface area contributed by atoms with Crippen LogP contribution in [-0.4, -0.2) is 54.7 Å². The van der Waals surface area contributed by atoms with Gasteiger partial charge >= 0.3 is 5.97 Å². The molecule has 1 amide bonds. The quantitative estimate of drug-likeness (QED) is 0.717. The molecule has 0 aliphatic carbocycles. The minimum atomic E-state index is -3.69. The highest BCUT2D eigenvalue weighted by Gasteiger charge is 2.29. The molecule has 8 heteroatoms. The van der Waals surface area contributed by atoms with Crippen molar-refractivity contribution in [2.45, 2.75) is 58.5 Å². The highest BCUT2D eigenvalue weighted by molar-refractivity contribution is 7.89. The van der Waals surface area contributed by atoms with Crippen molar-refractivity contribution in [2.75, 3.05) is 12.3 Å². The first-order valence-electron chi connectivity index (χ1n) is 7.64. The Kier molecular flexibility index (Phi) is 6.80. The van der Waals surface area contributed by atoms with Crippen molar-refractivity contribution in [1.29, 1.82) is 0 Å². The smallest absolute Gasteiger partial charge is 0.321 e. The first kappa shape index (κ1) is 18.9. The summed E-state index contributed by atoms with van der Waals surface area (Å²) in [5.74, 6) is -1.73. The largest absolute Gasteiger partial charge is 0.480 e. The number of aliphatic carboxylic acids is 1. The van der Waals surface area contributed by atoms with Gasteiger partial charge in [-0.2, -0.15) is 0 Å². The van der Waals surface area contributed by atoms with Crippen molar-refractivity contribution >= 4 is 21.9 Å². The van der Waals surface area contributed by atoms with Crippen LogP contribution in [-0.2, 0) is 19.6 Å². The maximum atomic E-state index is 12.1. The summed E-state index contributed by atoms with van der Waals surface area (Å²) in [7, 11) is -3.69. The van der Waals surface area contributed by atoms with Crippen LogP contribution in [0.25, 0.3) is 0 Å². The lowest BCUT2D eigenvalue weighted by Gasteiger charge is -2.35. The summed E-state index contributed by atoms with van der Waals surface area (Å²) < 4.78 is 26.4. The zero-order chi connectivity index (χ0) is 16.9. The van der Waals surface area contributed by atoms with E-state index in [1.54, 1.807) is 18.7 Å². The van der Waals surface area contributed by atoms with E-state index in [-0.39, 0.29) is 23.6 Å². The summed E-state index contributed by atoms with van der Waals surface area (Å²) in [5, 5.41) is 9.06. The molecule has 7 nitrogen and oxygen atoms in total. The molecule has 128 valence electrons. The molecule has 2 unspecified atom stereocenters. The third kappa shape index (κ3) is 5.57. The van der Waals surface area contributed by atoms with Gasteiger partial charge in [-0.25, -0.2) is 13.1 Å². The van der Waals surface area contributed by atoms with E-state index in [1.807, 2.05) is 0 Å². The van der Waals surface area contributed by atoms with Gasteiger partial charge in [0, 0.05) is 19.5 Å². The molecular formula is C14H26N2O5S. The SMILES string of the molecule is CC(=O)N1CCCCC1CCS(=O)(=O)NC(C(=O)O)C(C)C. The lowest BCUT2D eigenvalue weighted by Crippen LogP contribution is -2.47. The minimum Gasteiger partial charge on any atom is -0.480 e. The molecule has 2 atom stereocenters. The second-order valence-electron chi connectivity index (χ2n) is 6.15. The number of carbonyl (C=O) groups excluding carboxylic acids is 1. The maximum absolute atomic E-state index is 12.1. The highest BCUT2D eigenvalue weighted by atomic mass is 32.2. The molecule has 0 saturated carbocycles. The number of hydrogen-bond donors (Lipinski definition) is 2. The third-order valence-electron chi connectivity index (χ3n) is 3.99. The predicted octanol–water partition coefficient (Wildman–Crippen LogP) is 0.806. The second kappa shape index (κ2) is 7.92. The Morgan fingerprint density at radius 1 is 1.32 bits per heavy atom. The number of amides is 1. The summed E-state index contributed by atoms with van der Waals surface area (Å²) in [5.41, 5.74) is 0. The molecule has 0 bridgehead atoms. The predicted molar refractivity (Wildman–Crippen MR) is 82.8 cm³/mol. The van der Waals surface area contributed by atoms with Gasteiger partial charge in [0.1, 0.15) is 6.04 Å². The maximum Gasteiger partial charge on any atom is 0.321 e. The van der Waals surface area contributed by atoms with Gasteiger partial charge in [-0.15, -0.1) is 0 Å². The Balaban J connectivity index is 2.64. The third-order valence-corrected chi connectivity index (χ3v) is 5.38. The van der Waals surface area contributed by atoms with Crippen LogP contribution in [0.2, 0.25) is 0 Å². The lowest BCUT2D eigenvalue weighted by molar-refractivity contribution is -0.140. The average Bonchev–Trinajstić information content (AvgIpc) is 2.42. The van der Waals surface area contributed by atoms with Crippen LogP contribution >= 0.6 is 0 Å². The fourth-order valence-corrected chi connectivity index (χ4v) is 4.19. The van der Waals surface area contributed by atoms with E-state index < -0.39 is 22.0 Å². The first-order chi connectivity index (χ1) is 10.1. The molecule has 1 fully saturated rings. The molecule has 0 aromatic rings. The first-order valence-corrected chi connectivity index (χ1v) is 9.29. The van der Waals surface area contributed by atoms with Gasteiger partial charge in [-0.3, -0.25) is 9.59 Å².